The number of aliphatic hydroxyl groups is 1. The summed E-state index contributed by atoms with van der Waals surface area (Å²) in [5.41, 5.74) is -0.0667. The second-order valence-corrected chi connectivity index (χ2v) is 6.45. The number of β-amino-alcohol motifs (C(OH)–C–C–N with tert-alkyl or cyclic N) is 1. The number of ether oxygens (including phenoxy) is 2. The molecular weight excluding hydrogens is 313 g/mol. The molecule has 1 aromatic rings. The zero-order chi connectivity index (χ0) is 15.3. The SMILES string of the molecule is CC1(NCC(O)COc2ccc(Cl)c(Cl)c2)CCCOC1. The van der Waals surface area contributed by atoms with Crippen molar-refractivity contribution in [1.82, 2.24) is 5.32 Å². The summed E-state index contributed by atoms with van der Waals surface area (Å²) in [7, 11) is 0. The fourth-order valence-electron chi connectivity index (χ4n) is 2.26. The van der Waals surface area contributed by atoms with Crippen LogP contribution in [-0.2, 0) is 4.74 Å². The van der Waals surface area contributed by atoms with Gasteiger partial charge in [-0.3, -0.25) is 0 Å². The van der Waals surface area contributed by atoms with Gasteiger partial charge in [0.1, 0.15) is 18.5 Å². The first-order valence-corrected chi connectivity index (χ1v) is 7.83. The van der Waals surface area contributed by atoms with E-state index in [9.17, 15) is 5.11 Å². The summed E-state index contributed by atoms with van der Waals surface area (Å²) in [4.78, 5) is 0. The third-order valence-corrected chi connectivity index (χ3v) is 4.27. The van der Waals surface area contributed by atoms with Gasteiger partial charge in [0.2, 0.25) is 0 Å². The third kappa shape index (κ3) is 5.31. The van der Waals surface area contributed by atoms with Crippen LogP contribution in [0.1, 0.15) is 19.8 Å². The Bertz CT molecular complexity index is 464. The highest BCUT2D eigenvalue weighted by molar-refractivity contribution is 6.42. The molecule has 6 heteroatoms. The number of halogens is 2. The monoisotopic (exact) mass is 333 g/mol. The number of rotatable bonds is 6. The van der Waals surface area contributed by atoms with E-state index in [1.165, 1.54) is 0 Å². The Balaban J connectivity index is 1.74. The third-order valence-electron chi connectivity index (χ3n) is 3.54. The molecule has 0 bridgehead atoms. The molecule has 2 N–H and O–H groups in total. The topological polar surface area (TPSA) is 50.7 Å². The maximum atomic E-state index is 9.99. The molecule has 2 atom stereocenters. The predicted octanol–water partition coefficient (Wildman–Crippen LogP) is 2.89. The van der Waals surface area contributed by atoms with E-state index in [0.29, 0.717) is 28.9 Å². The molecule has 0 radical (unpaired) electrons. The van der Waals surface area contributed by atoms with Crippen molar-refractivity contribution in [3.05, 3.63) is 28.2 Å². The molecule has 1 heterocycles. The Morgan fingerprint density at radius 2 is 2.24 bits per heavy atom. The lowest BCUT2D eigenvalue weighted by atomic mass is 9.95. The molecule has 0 amide bonds. The predicted molar refractivity (Wildman–Crippen MR) is 84.4 cm³/mol. The average molecular weight is 334 g/mol. The number of hydrogen-bond donors (Lipinski definition) is 2. The van der Waals surface area contributed by atoms with Gasteiger partial charge >= 0.3 is 0 Å². The lowest BCUT2D eigenvalue weighted by Crippen LogP contribution is -2.51. The van der Waals surface area contributed by atoms with Crippen LogP contribution in [0.3, 0.4) is 0 Å². The first-order valence-electron chi connectivity index (χ1n) is 7.07. The molecule has 0 saturated carbocycles. The van der Waals surface area contributed by atoms with Crippen molar-refractivity contribution in [3.63, 3.8) is 0 Å². The van der Waals surface area contributed by atoms with Crippen molar-refractivity contribution < 1.29 is 14.6 Å². The molecule has 118 valence electrons. The molecule has 0 aliphatic carbocycles. The van der Waals surface area contributed by atoms with E-state index in [0.717, 1.165) is 19.4 Å². The lowest BCUT2D eigenvalue weighted by molar-refractivity contribution is 0.0184. The fourth-order valence-corrected chi connectivity index (χ4v) is 2.54. The van der Waals surface area contributed by atoms with Crippen molar-refractivity contribution in [2.75, 3.05) is 26.4 Å². The molecule has 1 saturated heterocycles. The summed E-state index contributed by atoms with van der Waals surface area (Å²) in [6.45, 7) is 4.26. The molecule has 2 unspecified atom stereocenters. The van der Waals surface area contributed by atoms with Crippen LogP contribution in [0.15, 0.2) is 18.2 Å². The van der Waals surface area contributed by atoms with Crippen LogP contribution in [0.4, 0.5) is 0 Å². The second kappa shape index (κ2) is 7.65. The Morgan fingerprint density at radius 3 is 2.90 bits per heavy atom. The van der Waals surface area contributed by atoms with E-state index in [-0.39, 0.29) is 12.1 Å². The number of nitrogens with one attached hydrogen (secondary N) is 1. The van der Waals surface area contributed by atoms with Gasteiger partial charge < -0.3 is 19.9 Å². The molecule has 0 aromatic heterocycles. The highest BCUT2D eigenvalue weighted by atomic mass is 35.5. The summed E-state index contributed by atoms with van der Waals surface area (Å²) < 4.78 is 11.0. The average Bonchev–Trinajstić information content (AvgIpc) is 2.47. The quantitative estimate of drug-likeness (QED) is 0.840. The highest BCUT2D eigenvalue weighted by Gasteiger charge is 2.27. The summed E-state index contributed by atoms with van der Waals surface area (Å²) in [5, 5.41) is 14.3. The smallest absolute Gasteiger partial charge is 0.121 e. The lowest BCUT2D eigenvalue weighted by Gasteiger charge is -2.35. The van der Waals surface area contributed by atoms with Gasteiger partial charge in [0.05, 0.1) is 16.7 Å². The van der Waals surface area contributed by atoms with Crippen LogP contribution in [0.2, 0.25) is 10.0 Å². The van der Waals surface area contributed by atoms with Gasteiger partial charge in [-0.1, -0.05) is 23.2 Å². The van der Waals surface area contributed by atoms with Gasteiger partial charge in [-0.2, -0.15) is 0 Å². The minimum atomic E-state index is -0.599. The minimum Gasteiger partial charge on any atom is -0.491 e. The first-order chi connectivity index (χ1) is 9.98. The Labute approximate surface area is 135 Å². The second-order valence-electron chi connectivity index (χ2n) is 5.64. The van der Waals surface area contributed by atoms with Gasteiger partial charge in [-0.15, -0.1) is 0 Å². The molecule has 1 fully saturated rings. The Hall–Kier alpha value is -0.520. The minimum absolute atomic E-state index is 0.0667. The van der Waals surface area contributed by atoms with E-state index in [2.05, 4.69) is 12.2 Å². The Kier molecular flexibility index (Phi) is 6.14. The summed E-state index contributed by atoms with van der Waals surface area (Å²) in [5.74, 6) is 0.593. The molecule has 2 rings (SSSR count). The summed E-state index contributed by atoms with van der Waals surface area (Å²) in [6, 6.07) is 5.04. The number of hydrogen-bond acceptors (Lipinski definition) is 4. The van der Waals surface area contributed by atoms with Crippen molar-refractivity contribution in [3.8, 4) is 5.75 Å². The molecule has 1 aliphatic heterocycles. The van der Waals surface area contributed by atoms with Gasteiger partial charge in [-0.25, -0.2) is 0 Å². The van der Waals surface area contributed by atoms with E-state index >= 15 is 0 Å². The van der Waals surface area contributed by atoms with Crippen molar-refractivity contribution in [2.24, 2.45) is 0 Å². The zero-order valence-electron chi connectivity index (χ0n) is 12.1. The van der Waals surface area contributed by atoms with Gasteiger partial charge in [0, 0.05) is 24.8 Å². The Morgan fingerprint density at radius 1 is 1.43 bits per heavy atom. The fraction of sp³-hybridized carbons (Fsp3) is 0.600. The highest BCUT2D eigenvalue weighted by Crippen LogP contribution is 2.26. The standard InChI is InChI=1S/C15H21Cl2NO3/c1-15(5-2-6-20-10-15)18-8-11(19)9-21-12-3-4-13(16)14(17)7-12/h3-4,7,11,18-19H,2,5-6,8-10H2,1H3. The molecule has 1 aromatic carbocycles. The first kappa shape index (κ1) is 16.8. The molecule has 0 spiro atoms. The molecule has 4 nitrogen and oxygen atoms in total. The molecule has 21 heavy (non-hydrogen) atoms. The zero-order valence-corrected chi connectivity index (χ0v) is 13.6. The van der Waals surface area contributed by atoms with Crippen LogP contribution in [0, 0.1) is 0 Å². The normalized spacial score (nSPS) is 23.8. The van der Waals surface area contributed by atoms with E-state index in [1.54, 1.807) is 18.2 Å². The van der Waals surface area contributed by atoms with Crippen molar-refractivity contribution in [1.29, 1.82) is 0 Å². The summed E-state index contributed by atoms with van der Waals surface area (Å²) >= 11 is 11.7. The van der Waals surface area contributed by atoms with E-state index in [1.807, 2.05) is 0 Å². The van der Waals surface area contributed by atoms with Gasteiger partial charge in [0.15, 0.2) is 0 Å². The maximum absolute atomic E-state index is 9.99. The van der Waals surface area contributed by atoms with Crippen LogP contribution < -0.4 is 10.1 Å². The molecular formula is C15H21Cl2NO3. The van der Waals surface area contributed by atoms with E-state index in [4.69, 9.17) is 32.7 Å². The van der Waals surface area contributed by atoms with Crippen molar-refractivity contribution in [2.45, 2.75) is 31.4 Å². The van der Waals surface area contributed by atoms with Gasteiger partial charge in [-0.05, 0) is 31.9 Å². The van der Waals surface area contributed by atoms with Gasteiger partial charge in [0.25, 0.3) is 0 Å². The van der Waals surface area contributed by atoms with Crippen LogP contribution >= 0.6 is 23.2 Å². The van der Waals surface area contributed by atoms with Crippen LogP contribution in [-0.4, -0.2) is 43.1 Å². The van der Waals surface area contributed by atoms with Crippen molar-refractivity contribution >= 4 is 23.2 Å². The van der Waals surface area contributed by atoms with E-state index < -0.39 is 6.10 Å². The molecule has 1 aliphatic rings. The largest absolute Gasteiger partial charge is 0.491 e. The van der Waals surface area contributed by atoms with Crippen LogP contribution in [0.5, 0.6) is 5.75 Å². The van der Waals surface area contributed by atoms with Crippen LogP contribution in [0.25, 0.3) is 0 Å². The number of aliphatic hydroxyl groups excluding tert-OH is 1. The maximum Gasteiger partial charge on any atom is 0.121 e. The number of benzene rings is 1. The summed E-state index contributed by atoms with van der Waals surface area (Å²) in [6.07, 6.45) is 1.49.